The third-order valence-corrected chi connectivity index (χ3v) is 5.57. The van der Waals surface area contributed by atoms with Crippen molar-refractivity contribution in [3.63, 3.8) is 0 Å². The van der Waals surface area contributed by atoms with Crippen molar-refractivity contribution in [2.24, 2.45) is 5.92 Å². The van der Waals surface area contributed by atoms with Crippen LogP contribution in [0, 0.1) is 17.6 Å². The van der Waals surface area contributed by atoms with Crippen molar-refractivity contribution in [1.29, 1.82) is 0 Å². The highest BCUT2D eigenvalue weighted by molar-refractivity contribution is 7.18. The number of rotatable bonds is 5. The van der Waals surface area contributed by atoms with Crippen LogP contribution in [0.15, 0.2) is 36.7 Å². The lowest BCUT2D eigenvalue weighted by Crippen LogP contribution is -2.29. The van der Waals surface area contributed by atoms with Gasteiger partial charge in [0.1, 0.15) is 5.82 Å². The van der Waals surface area contributed by atoms with Gasteiger partial charge in [-0.3, -0.25) is 0 Å². The van der Waals surface area contributed by atoms with Crippen LogP contribution in [0.1, 0.15) is 18.5 Å². The van der Waals surface area contributed by atoms with Crippen LogP contribution >= 0.6 is 11.3 Å². The van der Waals surface area contributed by atoms with Crippen LogP contribution in [0.2, 0.25) is 0 Å². The Morgan fingerprint density at radius 2 is 1.85 bits per heavy atom. The van der Waals surface area contributed by atoms with Crippen LogP contribution in [0.5, 0.6) is 0 Å². The van der Waals surface area contributed by atoms with Gasteiger partial charge >= 0.3 is 0 Å². The smallest absolute Gasteiger partial charge is 0.229 e. The van der Waals surface area contributed by atoms with Crippen LogP contribution < -0.4 is 10.6 Å². The minimum atomic E-state index is -0.370. The number of anilines is 2. The molecule has 3 aromatic rings. The standard InChI is InChI=1S/C19H19F2N5S/c20-14-3-1-13(2-4-14)17-11-24-19(27-17)26-18-23-10-15(21)16(25-18)9-12-5-7-22-8-6-12/h1-4,10-12,22H,5-9H2,(H,23,24,25,26). The molecule has 8 heteroatoms. The molecule has 1 aromatic carbocycles. The Bertz CT molecular complexity index is 907. The maximum absolute atomic E-state index is 14.1. The fraction of sp³-hybridized carbons (Fsp3) is 0.316. The first-order valence-corrected chi connectivity index (χ1v) is 9.70. The number of nitrogens with zero attached hydrogens (tertiary/aromatic N) is 3. The number of halogens is 2. The molecule has 1 saturated heterocycles. The number of benzene rings is 1. The van der Waals surface area contributed by atoms with Gasteiger partial charge in [-0.15, -0.1) is 0 Å². The number of piperidine rings is 1. The average Bonchev–Trinajstić information content (AvgIpc) is 3.14. The summed E-state index contributed by atoms with van der Waals surface area (Å²) in [7, 11) is 0. The van der Waals surface area contributed by atoms with E-state index in [2.05, 4.69) is 25.6 Å². The molecule has 4 rings (SSSR count). The molecule has 1 aliphatic heterocycles. The van der Waals surface area contributed by atoms with Gasteiger partial charge < -0.3 is 10.6 Å². The molecule has 0 amide bonds. The lowest BCUT2D eigenvalue weighted by Gasteiger charge is -2.22. The second-order valence-corrected chi connectivity index (χ2v) is 7.58. The van der Waals surface area contributed by atoms with E-state index >= 15 is 0 Å². The molecule has 0 radical (unpaired) electrons. The first-order valence-electron chi connectivity index (χ1n) is 8.88. The van der Waals surface area contributed by atoms with Crippen molar-refractivity contribution in [3.8, 4) is 10.4 Å². The van der Waals surface area contributed by atoms with Gasteiger partial charge in [0.15, 0.2) is 10.9 Å². The topological polar surface area (TPSA) is 62.7 Å². The Morgan fingerprint density at radius 3 is 2.63 bits per heavy atom. The minimum Gasteiger partial charge on any atom is -0.317 e. The van der Waals surface area contributed by atoms with Gasteiger partial charge in [0.25, 0.3) is 0 Å². The number of hydrogen-bond donors (Lipinski definition) is 2. The normalized spacial score (nSPS) is 15.0. The van der Waals surface area contributed by atoms with Crippen LogP contribution in [0.3, 0.4) is 0 Å². The van der Waals surface area contributed by atoms with Gasteiger partial charge in [0.05, 0.1) is 16.8 Å². The number of hydrogen-bond acceptors (Lipinski definition) is 6. The molecule has 0 unspecified atom stereocenters. The summed E-state index contributed by atoms with van der Waals surface area (Å²) in [6.07, 6.45) is 5.59. The average molecular weight is 387 g/mol. The molecule has 5 nitrogen and oxygen atoms in total. The van der Waals surface area contributed by atoms with Gasteiger partial charge in [0.2, 0.25) is 5.95 Å². The molecule has 2 aromatic heterocycles. The highest BCUT2D eigenvalue weighted by atomic mass is 32.1. The summed E-state index contributed by atoms with van der Waals surface area (Å²) in [5.41, 5.74) is 1.32. The highest BCUT2D eigenvalue weighted by Gasteiger charge is 2.17. The second kappa shape index (κ2) is 8.06. The van der Waals surface area contributed by atoms with Crippen molar-refractivity contribution in [2.75, 3.05) is 18.4 Å². The lowest BCUT2D eigenvalue weighted by atomic mass is 9.93. The van der Waals surface area contributed by atoms with E-state index in [4.69, 9.17) is 0 Å². The summed E-state index contributed by atoms with van der Waals surface area (Å²) in [5, 5.41) is 6.96. The molecule has 0 saturated carbocycles. The predicted molar refractivity (Wildman–Crippen MR) is 102 cm³/mol. The Morgan fingerprint density at radius 1 is 1.07 bits per heavy atom. The molecule has 140 valence electrons. The van der Waals surface area contributed by atoms with Crippen molar-refractivity contribution >= 4 is 22.4 Å². The molecule has 1 fully saturated rings. The first kappa shape index (κ1) is 17.9. The molecular formula is C19H19F2N5S. The SMILES string of the molecule is Fc1ccc(-c2cnc(Nc3ncc(F)c(CC4CCNCC4)n3)s2)cc1. The Kier molecular flexibility index (Phi) is 5.35. The molecule has 0 aliphatic carbocycles. The zero-order valence-electron chi connectivity index (χ0n) is 14.6. The van der Waals surface area contributed by atoms with E-state index in [1.165, 1.54) is 29.7 Å². The fourth-order valence-electron chi connectivity index (χ4n) is 3.14. The first-order chi connectivity index (χ1) is 13.2. The largest absolute Gasteiger partial charge is 0.317 e. The summed E-state index contributed by atoms with van der Waals surface area (Å²) in [6.45, 7) is 1.93. The molecule has 0 atom stereocenters. The fourth-order valence-corrected chi connectivity index (χ4v) is 3.96. The van der Waals surface area contributed by atoms with E-state index in [1.807, 2.05) is 0 Å². The van der Waals surface area contributed by atoms with Crippen molar-refractivity contribution in [1.82, 2.24) is 20.3 Å². The molecule has 27 heavy (non-hydrogen) atoms. The number of nitrogens with one attached hydrogen (secondary N) is 2. The molecule has 3 heterocycles. The summed E-state index contributed by atoms with van der Waals surface area (Å²) < 4.78 is 27.2. The maximum Gasteiger partial charge on any atom is 0.229 e. The van der Waals surface area contributed by atoms with Crippen molar-refractivity contribution in [3.05, 3.63) is 54.0 Å². The summed E-state index contributed by atoms with van der Waals surface area (Å²) >= 11 is 1.41. The van der Waals surface area contributed by atoms with Gasteiger partial charge in [-0.1, -0.05) is 23.5 Å². The van der Waals surface area contributed by atoms with Crippen LogP contribution in [0.25, 0.3) is 10.4 Å². The Hall–Kier alpha value is -2.45. The monoisotopic (exact) mass is 387 g/mol. The molecular weight excluding hydrogens is 368 g/mol. The van der Waals surface area contributed by atoms with Crippen LogP contribution in [-0.2, 0) is 6.42 Å². The molecule has 0 spiro atoms. The Balaban J connectivity index is 1.47. The number of aromatic nitrogens is 3. The summed E-state index contributed by atoms with van der Waals surface area (Å²) in [4.78, 5) is 13.6. The van der Waals surface area contributed by atoms with Crippen molar-refractivity contribution in [2.45, 2.75) is 19.3 Å². The van der Waals surface area contributed by atoms with E-state index in [0.29, 0.717) is 29.1 Å². The lowest BCUT2D eigenvalue weighted by molar-refractivity contribution is 0.365. The maximum atomic E-state index is 14.1. The van der Waals surface area contributed by atoms with Gasteiger partial charge in [0, 0.05) is 6.20 Å². The van der Waals surface area contributed by atoms with Crippen LogP contribution in [0.4, 0.5) is 19.9 Å². The quantitative estimate of drug-likeness (QED) is 0.688. The molecule has 2 N–H and O–H groups in total. The number of thiazole rings is 1. The minimum absolute atomic E-state index is 0.275. The van der Waals surface area contributed by atoms with Gasteiger partial charge in [-0.05, 0) is 56.0 Å². The zero-order valence-corrected chi connectivity index (χ0v) is 15.4. The summed E-state index contributed by atoms with van der Waals surface area (Å²) in [6, 6.07) is 6.24. The third kappa shape index (κ3) is 4.45. The van der Waals surface area contributed by atoms with E-state index < -0.39 is 0 Å². The Labute approximate surface area is 159 Å². The zero-order chi connectivity index (χ0) is 18.6. The van der Waals surface area contributed by atoms with Gasteiger partial charge in [-0.25, -0.2) is 23.7 Å². The van der Waals surface area contributed by atoms with Crippen molar-refractivity contribution < 1.29 is 8.78 Å². The predicted octanol–water partition coefficient (Wildman–Crippen LogP) is 4.16. The van der Waals surface area contributed by atoms with E-state index in [0.717, 1.165) is 36.4 Å². The highest BCUT2D eigenvalue weighted by Crippen LogP contribution is 2.30. The van der Waals surface area contributed by atoms with E-state index in [1.54, 1.807) is 18.3 Å². The van der Waals surface area contributed by atoms with E-state index in [-0.39, 0.29) is 11.6 Å². The molecule has 0 bridgehead atoms. The molecule has 1 aliphatic rings. The third-order valence-electron chi connectivity index (χ3n) is 4.61. The van der Waals surface area contributed by atoms with Gasteiger partial charge in [-0.2, -0.15) is 0 Å². The van der Waals surface area contributed by atoms with E-state index in [9.17, 15) is 8.78 Å². The second-order valence-electron chi connectivity index (χ2n) is 6.55. The summed E-state index contributed by atoms with van der Waals surface area (Å²) in [5.74, 6) is 0.126. The van der Waals surface area contributed by atoms with Crippen LogP contribution in [-0.4, -0.2) is 28.0 Å².